The minimum atomic E-state index is -4.56. The molecule has 0 spiro atoms. The Bertz CT molecular complexity index is 1160. The number of hydrogen-bond acceptors (Lipinski definition) is 7. The number of likely N-dealkylation sites (tertiary alicyclic amines) is 1. The number of aromatic nitrogens is 4. The highest BCUT2D eigenvalue weighted by Crippen LogP contribution is 2.37. The second-order valence-corrected chi connectivity index (χ2v) is 7.83. The molecule has 0 amide bonds. The van der Waals surface area contributed by atoms with Crippen LogP contribution in [-0.2, 0) is 12.7 Å². The van der Waals surface area contributed by atoms with Gasteiger partial charge in [0.15, 0.2) is 0 Å². The zero-order chi connectivity index (χ0) is 22.9. The molecule has 0 atom stereocenters. The fourth-order valence-corrected chi connectivity index (χ4v) is 4.13. The van der Waals surface area contributed by atoms with Crippen LogP contribution in [0.15, 0.2) is 24.5 Å². The predicted octanol–water partition coefficient (Wildman–Crippen LogP) is 3.96. The van der Waals surface area contributed by atoms with Crippen LogP contribution in [0.2, 0.25) is 0 Å². The molecule has 11 heteroatoms. The molecule has 0 radical (unpaired) electrons. The van der Waals surface area contributed by atoms with Crippen LogP contribution in [0.3, 0.4) is 0 Å². The van der Waals surface area contributed by atoms with Crippen molar-refractivity contribution in [2.75, 3.05) is 37.8 Å². The summed E-state index contributed by atoms with van der Waals surface area (Å²) in [6.45, 7) is 2.09. The van der Waals surface area contributed by atoms with E-state index >= 15 is 0 Å². The SMILES string of the molecule is CNc1nc(Nc2ccc(C3CCN(C)CC3)c3c2cnn3CC#N)ncc1C(F)(F)F. The average Bonchev–Trinajstić information content (AvgIpc) is 3.18. The maximum absolute atomic E-state index is 13.1. The Labute approximate surface area is 183 Å². The van der Waals surface area contributed by atoms with Crippen molar-refractivity contribution < 1.29 is 13.2 Å². The van der Waals surface area contributed by atoms with E-state index in [9.17, 15) is 18.4 Å². The van der Waals surface area contributed by atoms with E-state index in [4.69, 9.17) is 0 Å². The zero-order valence-electron chi connectivity index (χ0n) is 17.7. The van der Waals surface area contributed by atoms with Crippen molar-refractivity contribution in [1.29, 1.82) is 5.26 Å². The summed E-state index contributed by atoms with van der Waals surface area (Å²) in [6.07, 6.45) is -0.132. The van der Waals surface area contributed by atoms with E-state index in [0.717, 1.165) is 48.6 Å². The van der Waals surface area contributed by atoms with Crippen LogP contribution < -0.4 is 10.6 Å². The Morgan fingerprint density at radius 3 is 2.62 bits per heavy atom. The molecule has 1 saturated heterocycles. The van der Waals surface area contributed by atoms with Crippen molar-refractivity contribution >= 4 is 28.4 Å². The third-order valence-corrected chi connectivity index (χ3v) is 5.79. The van der Waals surface area contributed by atoms with E-state index < -0.39 is 11.7 Å². The normalized spacial score (nSPS) is 15.6. The van der Waals surface area contributed by atoms with E-state index in [1.165, 1.54) is 7.05 Å². The Morgan fingerprint density at radius 2 is 1.97 bits per heavy atom. The van der Waals surface area contributed by atoms with Crippen LogP contribution in [0.5, 0.6) is 0 Å². The quantitative estimate of drug-likeness (QED) is 0.615. The molecular formula is C21H23F3N8. The Morgan fingerprint density at radius 1 is 1.22 bits per heavy atom. The van der Waals surface area contributed by atoms with E-state index in [0.29, 0.717) is 11.6 Å². The average molecular weight is 444 g/mol. The van der Waals surface area contributed by atoms with Gasteiger partial charge in [-0.3, -0.25) is 4.68 Å². The van der Waals surface area contributed by atoms with Gasteiger partial charge in [0.05, 0.1) is 23.5 Å². The van der Waals surface area contributed by atoms with Gasteiger partial charge in [-0.2, -0.15) is 28.5 Å². The second-order valence-electron chi connectivity index (χ2n) is 7.83. The minimum absolute atomic E-state index is 0.0312. The van der Waals surface area contributed by atoms with Crippen LogP contribution in [-0.4, -0.2) is 51.8 Å². The van der Waals surface area contributed by atoms with Crippen molar-refractivity contribution in [3.8, 4) is 6.07 Å². The van der Waals surface area contributed by atoms with E-state index in [1.807, 2.05) is 12.1 Å². The number of rotatable bonds is 5. The summed E-state index contributed by atoms with van der Waals surface area (Å²) in [5.41, 5.74) is 1.65. The van der Waals surface area contributed by atoms with Crippen LogP contribution in [0.4, 0.5) is 30.6 Å². The van der Waals surface area contributed by atoms with Gasteiger partial charge < -0.3 is 15.5 Å². The highest BCUT2D eigenvalue weighted by atomic mass is 19.4. The molecule has 3 heterocycles. The molecule has 0 bridgehead atoms. The predicted molar refractivity (Wildman–Crippen MR) is 115 cm³/mol. The smallest absolute Gasteiger partial charge is 0.372 e. The van der Waals surface area contributed by atoms with Crippen LogP contribution in [0.1, 0.15) is 29.9 Å². The molecule has 3 aromatic rings. The second kappa shape index (κ2) is 8.63. The lowest BCUT2D eigenvalue weighted by molar-refractivity contribution is -0.137. The highest BCUT2D eigenvalue weighted by Gasteiger charge is 2.35. The summed E-state index contributed by atoms with van der Waals surface area (Å²) < 4.78 is 41.1. The summed E-state index contributed by atoms with van der Waals surface area (Å²) in [7, 11) is 3.48. The number of nitrogens with one attached hydrogen (secondary N) is 2. The van der Waals surface area contributed by atoms with E-state index in [-0.39, 0.29) is 18.3 Å². The first-order valence-corrected chi connectivity index (χ1v) is 10.2. The number of halogens is 3. The van der Waals surface area contributed by atoms with Crippen molar-refractivity contribution in [2.45, 2.75) is 31.5 Å². The minimum Gasteiger partial charge on any atom is -0.372 e. The van der Waals surface area contributed by atoms with Gasteiger partial charge in [0, 0.05) is 18.6 Å². The van der Waals surface area contributed by atoms with Crippen LogP contribution in [0.25, 0.3) is 10.9 Å². The lowest BCUT2D eigenvalue weighted by atomic mass is 9.88. The number of hydrogen-bond donors (Lipinski definition) is 2. The van der Waals surface area contributed by atoms with Crippen molar-refractivity contribution in [3.63, 3.8) is 0 Å². The largest absolute Gasteiger partial charge is 0.421 e. The molecule has 0 saturated carbocycles. The molecule has 2 aromatic heterocycles. The number of nitrogens with zero attached hydrogens (tertiary/aromatic N) is 6. The fourth-order valence-electron chi connectivity index (χ4n) is 4.13. The maximum atomic E-state index is 13.1. The summed E-state index contributed by atoms with van der Waals surface area (Å²) >= 11 is 0. The maximum Gasteiger partial charge on any atom is 0.421 e. The first kappa shape index (κ1) is 21.8. The molecule has 1 aliphatic heterocycles. The molecule has 0 unspecified atom stereocenters. The van der Waals surface area contributed by atoms with Gasteiger partial charge in [-0.25, -0.2) is 4.98 Å². The summed E-state index contributed by atoms with van der Waals surface area (Å²) in [6, 6.07) is 6.01. The number of alkyl halides is 3. The number of piperidine rings is 1. The van der Waals surface area contributed by atoms with E-state index in [1.54, 1.807) is 10.9 Å². The number of fused-ring (bicyclic) bond motifs is 1. The van der Waals surface area contributed by atoms with Crippen LogP contribution >= 0.6 is 0 Å². The molecule has 32 heavy (non-hydrogen) atoms. The third-order valence-electron chi connectivity index (χ3n) is 5.79. The molecule has 168 valence electrons. The highest BCUT2D eigenvalue weighted by molar-refractivity contribution is 5.95. The summed E-state index contributed by atoms with van der Waals surface area (Å²) in [4.78, 5) is 10.1. The first-order chi connectivity index (χ1) is 15.3. The number of benzene rings is 1. The molecule has 1 aromatic carbocycles. The fraction of sp³-hybridized carbons (Fsp3) is 0.429. The van der Waals surface area contributed by atoms with Gasteiger partial charge in [0.1, 0.15) is 17.9 Å². The number of anilines is 3. The van der Waals surface area contributed by atoms with Crippen LogP contribution in [0, 0.1) is 11.3 Å². The Kier molecular flexibility index (Phi) is 5.88. The Hall–Kier alpha value is -3.39. The molecule has 1 fully saturated rings. The van der Waals surface area contributed by atoms with E-state index in [2.05, 4.69) is 43.7 Å². The van der Waals surface area contributed by atoms with Gasteiger partial charge in [-0.05, 0) is 50.5 Å². The molecule has 1 aliphatic rings. The molecule has 8 nitrogen and oxygen atoms in total. The topological polar surface area (TPSA) is 94.7 Å². The van der Waals surface area contributed by atoms with Gasteiger partial charge in [-0.1, -0.05) is 6.07 Å². The lowest BCUT2D eigenvalue weighted by Gasteiger charge is -2.29. The van der Waals surface area contributed by atoms with Crippen molar-refractivity contribution in [2.24, 2.45) is 0 Å². The number of nitriles is 1. The van der Waals surface area contributed by atoms with Gasteiger partial charge in [0.2, 0.25) is 5.95 Å². The van der Waals surface area contributed by atoms with Gasteiger partial charge in [0.25, 0.3) is 0 Å². The standard InChI is InChI=1S/C21H23F3N8/c1-26-19-16(21(22,23)24)12-27-20(30-19)29-17-4-3-14(13-5-8-31(2)9-6-13)18-15(17)11-28-32(18)10-7-25/h3-4,11-13H,5-6,8-10H2,1-2H3,(H2,26,27,29,30). The lowest BCUT2D eigenvalue weighted by Crippen LogP contribution is -2.29. The molecule has 4 rings (SSSR count). The third kappa shape index (κ3) is 4.18. The van der Waals surface area contributed by atoms with Crippen molar-refractivity contribution in [1.82, 2.24) is 24.6 Å². The monoisotopic (exact) mass is 444 g/mol. The molecule has 0 aliphatic carbocycles. The van der Waals surface area contributed by atoms with Crippen molar-refractivity contribution in [3.05, 3.63) is 35.7 Å². The molecular weight excluding hydrogens is 421 g/mol. The summed E-state index contributed by atoms with van der Waals surface area (Å²) in [5.74, 6) is 0.0631. The summed E-state index contributed by atoms with van der Waals surface area (Å²) in [5, 5.41) is 19.9. The zero-order valence-corrected chi connectivity index (χ0v) is 17.7. The first-order valence-electron chi connectivity index (χ1n) is 10.2. The van der Waals surface area contributed by atoms with Gasteiger partial charge >= 0.3 is 6.18 Å². The molecule has 2 N–H and O–H groups in total. The van der Waals surface area contributed by atoms with Gasteiger partial charge in [-0.15, -0.1) is 0 Å². The Balaban J connectivity index is 1.73.